The summed E-state index contributed by atoms with van der Waals surface area (Å²) < 4.78 is 0. The van der Waals surface area contributed by atoms with Crippen LogP contribution in [0.15, 0.2) is 42.7 Å². The molecule has 4 rings (SSSR count). The zero-order valence-corrected chi connectivity index (χ0v) is 14.1. The lowest BCUT2D eigenvalue weighted by molar-refractivity contribution is -0.138. The van der Waals surface area contributed by atoms with Crippen LogP contribution in [0.25, 0.3) is 0 Å². The molecule has 1 aromatic heterocycles. The molecule has 1 amide bonds. The van der Waals surface area contributed by atoms with Crippen molar-refractivity contribution >= 4 is 5.91 Å². The average Bonchev–Trinajstić information content (AvgIpc) is 3.23. The minimum Gasteiger partial charge on any atom is -0.336 e. The number of hydrogen-bond acceptors (Lipinski definition) is 3. The summed E-state index contributed by atoms with van der Waals surface area (Å²) in [5.41, 5.74) is 1.14. The van der Waals surface area contributed by atoms with Crippen molar-refractivity contribution in [2.75, 3.05) is 0 Å². The van der Waals surface area contributed by atoms with Gasteiger partial charge in [-0.1, -0.05) is 37.3 Å². The van der Waals surface area contributed by atoms with E-state index in [1.165, 1.54) is 0 Å². The summed E-state index contributed by atoms with van der Waals surface area (Å²) in [5.74, 6) is 0.289. The molecule has 1 aromatic carbocycles. The van der Waals surface area contributed by atoms with Gasteiger partial charge in [0.25, 0.3) is 0 Å². The van der Waals surface area contributed by atoms with E-state index >= 15 is 0 Å². The summed E-state index contributed by atoms with van der Waals surface area (Å²) in [4.78, 5) is 17.3. The highest BCUT2D eigenvalue weighted by atomic mass is 16.2. The van der Waals surface area contributed by atoms with Crippen molar-refractivity contribution in [2.24, 2.45) is 0 Å². The van der Waals surface area contributed by atoms with Gasteiger partial charge in [0, 0.05) is 12.1 Å². The monoisotopic (exact) mass is 324 g/mol. The van der Waals surface area contributed by atoms with Gasteiger partial charge < -0.3 is 4.90 Å². The van der Waals surface area contributed by atoms with Crippen molar-refractivity contribution in [3.8, 4) is 0 Å². The Labute approximate surface area is 142 Å². The van der Waals surface area contributed by atoms with Crippen molar-refractivity contribution in [2.45, 2.75) is 63.1 Å². The van der Waals surface area contributed by atoms with Crippen LogP contribution < -0.4 is 0 Å². The molecule has 2 fully saturated rings. The largest absolute Gasteiger partial charge is 0.336 e. The van der Waals surface area contributed by atoms with E-state index in [1.54, 1.807) is 12.4 Å². The van der Waals surface area contributed by atoms with Crippen LogP contribution >= 0.6 is 0 Å². The zero-order valence-electron chi connectivity index (χ0n) is 14.1. The second-order valence-electron chi connectivity index (χ2n) is 6.98. The van der Waals surface area contributed by atoms with E-state index in [1.807, 2.05) is 23.0 Å². The third-order valence-electron chi connectivity index (χ3n) is 5.63. The molecule has 5 heteroatoms. The van der Waals surface area contributed by atoms with Gasteiger partial charge in [-0.3, -0.25) is 4.79 Å². The van der Waals surface area contributed by atoms with E-state index in [4.69, 9.17) is 0 Å². The van der Waals surface area contributed by atoms with Gasteiger partial charge in [-0.15, -0.1) is 0 Å². The molecule has 5 nitrogen and oxygen atoms in total. The van der Waals surface area contributed by atoms with Crippen molar-refractivity contribution in [3.05, 3.63) is 48.3 Å². The van der Waals surface area contributed by atoms with Crippen LogP contribution in [-0.2, 0) is 4.79 Å². The average molecular weight is 324 g/mol. The quantitative estimate of drug-likeness (QED) is 0.868. The molecule has 0 aliphatic carbocycles. The molecule has 0 spiro atoms. The van der Waals surface area contributed by atoms with Crippen LogP contribution in [0.3, 0.4) is 0 Å². The first-order valence-corrected chi connectivity index (χ1v) is 9.00. The number of nitrogens with zero attached hydrogens (tertiary/aromatic N) is 4. The Morgan fingerprint density at radius 2 is 1.71 bits per heavy atom. The van der Waals surface area contributed by atoms with Gasteiger partial charge in [0.2, 0.25) is 5.91 Å². The van der Waals surface area contributed by atoms with E-state index < -0.39 is 0 Å². The van der Waals surface area contributed by atoms with Crippen molar-refractivity contribution in [1.82, 2.24) is 19.9 Å². The minimum absolute atomic E-state index is 0.0197. The van der Waals surface area contributed by atoms with E-state index in [2.05, 4.69) is 34.2 Å². The van der Waals surface area contributed by atoms with Crippen molar-refractivity contribution in [1.29, 1.82) is 0 Å². The Morgan fingerprint density at radius 1 is 1.08 bits per heavy atom. The summed E-state index contributed by atoms with van der Waals surface area (Å²) in [6.45, 7) is 2.11. The molecular formula is C19H24N4O. The van der Waals surface area contributed by atoms with Crippen LogP contribution in [0.5, 0.6) is 0 Å². The fraction of sp³-hybridized carbons (Fsp3) is 0.526. The molecule has 24 heavy (non-hydrogen) atoms. The van der Waals surface area contributed by atoms with E-state index in [-0.39, 0.29) is 5.92 Å². The van der Waals surface area contributed by atoms with Gasteiger partial charge >= 0.3 is 0 Å². The summed E-state index contributed by atoms with van der Waals surface area (Å²) >= 11 is 0. The van der Waals surface area contributed by atoms with Gasteiger partial charge in [0.15, 0.2) is 0 Å². The van der Waals surface area contributed by atoms with Gasteiger partial charge in [-0.2, -0.15) is 15.0 Å². The van der Waals surface area contributed by atoms with E-state index in [0.29, 0.717) is 24.0 Å². The summed E-state index contributed by atoms with van der Waals surface area (Å²) in [6.07, 6.45) is 8.50. The zero-order chi connectivity index (χ0) is 16.5. The maximum absolute atomic E-state index is 13.3. The fourth-order valence-corrected chi connectivity index (χ4v) is 4.53. The molecule has 0 N–H and O–H groups in total. The van der Waals surface area contributed by atoms with E-state index in [9.17, 15) is 4.79 Å². The number of hydrogen-bond donors (Lipinski definition) is 0. The van der Waals surface area contributed by atoms with Gasteiger partial charge in [0.05, 0.1) is 24.4 Å². The molecule has 2 saturated heterocycles. The number of fused-ring (bicyclic) bond motifs is 2. The standard InChI is InChI=1S/C19H24N4O/c1-2-18(14-6-4-3-5-7-14)19(24)22-15-8-9-16(22)13-17(12-15)23-20-10-11-21-23/h3-7,10-11,15-18H,2,8-9,12-13H2,1H3. The highest BCUT2D eigenvalue weighted by molar-refractivity contribution is 5.84. The highest BCUT2D eigenvalue weighted by Gasteiger charge is 2.45. The Hall–Kier alpha value is -2.17. The lowest BCUT2D eigenvalue weighted by atomic mass is 9.91. The molecule has 3 unspecified atom stereocenters. The highest BCUT2D eigenvalue weighted by Crippen LogP contribution is 2.42. The van der Waals surface area contributed by atoms with Crippen LogP contribution in [0, 0.1) is 0 Å². The Bertz CT molecular complexity index is 671. The smallest absolute Gasteiger partial charge is 0.230 e. The molecule has 3 atom stereocenters. The van der Waals surface area contributed by atoms with Crippen LogP contribution in [-0.4, -0.2) is 37.9 Å². The number of benzene rings is 1. The third kappa shape index (κ3) is 2.62. The van der Waals surface area contributed by atoms with Crippen LogP contribution in [0.4, 0.5) is 0 Å². The first kappa shape index (κ1) is 15.4. The topological polar surface area (TPSA) is 51.0 Å². The second kappa shape index (κ2) is 6.38. The summed E-state index contributed by atoms with van der Waals surface area (Å²) in [5, 5.41) is 8.61. The first-order valence-electron chi connectivity index (χ1n) is 9.00. The number of rotatable bonds is 4. The third-order valence-corrected chi connectivity index (χ3v) is 5.63. The number of aromatic nitrogens is 3. The Kier molecular flexibility index (Phi) is 4.08. The molecule has 2 bridgehead atoms. The predicted molar refractivity (Wildman–Crippen MR) is 91.4 cm³/mol. The van der Waals surface area contributed by atoms with Crippen LogP contribution in [0.2, 0.25) is 0 Å². The van der Waals surface area contributed by atoms with E-state index in [0.717, 1.165) is 37.7 Å². The maximum Gasteiger partial charge on any atom is 0.230 e. The van der Waals surface area contributed by atoms with Gasteiger partial charge in [-0.25, -0.2) is 0 Å². The molecule has 2 aromatic rings. The lowest BCUT2D eigenvalue weighted by Crippen LogP contribution is -2.48. The summed E-state index contributed by atoms with van der Waals surface area (Å²) in [6, 6.07) is 11.2. The van der Waals surface area contributed by atoms with Crippen LogP contribution in [0.1, 0.15) is 56.6 Å². The molecular weight excluding hydrogens is 300 g/mol. The Balaban J connectivity index is 1.54. The molecule has 2 aliphatic heterocycles. The number of amides is 1. The fourth-order valence-electron chi connectivity index (χ4n) is 4.53. The van der Waals surface area contributed by atoms with Gasteiger partial charge in [0.1, 0.15) is 0 Å². The van der Waals surface area contributed by atoms with Gasteiger partial charge in [-0.05, 0) is 37.7 Å². The van der Waals surface area contributed by atoms with Crippen molar-refractivity contribution < 1.29 is 4.79 Å². The molecule has 2 aliphatic rings. The Morgan fingerprint density at radius 3 is 2.29 bits per heavy atom. The normalized spacial score (nSPS) is 27.2. The first-order chi connectivity index (χ1) is 11.8. The second-order valence-corrected chi connectivity index (χ2v) is 6.98. The van der Waals surface area contributed by atoms with Crippen molar-refractivity contribution in [3.63, 3.8) is 0 Å². The number of carbonyl (C=O) groups excluding carboxylic acids is 1. The molecule has 3 heterocycles. The predicted octanol–water partition coefficient (Wildman–Crippen LogP) is 3.17. The summed E-state index contributed by atoms with van der Waals surface area (Å²) in [7, 11) is 0. The minimum atomic E-state index is -0.0197. The lowest BCUT2D eigenvalue weighted by Gasteiger charge is -2.40. The number of carbonyl (C=O) groups is 1. The maximum atomic E-state index is 13.3. The molecule has 126 valence electrons. The number of piperidine rings is 1. The SMILES string of the molecule is CCC(C(=O)N1C2CCC1CC(n1nccn1)C2)c1ccccc1. The molecule has 0 saturated carbocycles. The molecule has 0 radical (unpaired) electrons.